The smallest absolute Gasteiger partial charge is 0.191 e. The Hall–Kier alpha value is -2.16. The molecule has 3 heterocycles. The molecule has 0 N–H and O–H groups in total. The average Bonchev–Trinajstić information content (AvgIpc) is 3.41. The molecule has 5 nitrogen and oxygen atoms in total. The summed E-state index contributed by atoms with van der Waals surface area (Å²) in [6.45, 7) is 0. The van der Waals surface area contributed by atoms with Gasteiger partial charge in [0.15, 0.2) is 11.0 Å². The number of methoxy groups -OCH3 is 1. The van der Waals surface area contributed by atoms with E-state index in [4.69, 9.17) is 9.72 Å². The predicted molar refractivity (Wildman–Crippen MR) is 108 cm³/mol. The van der Waals surface area contributed by atoms with Gasteiger partial charge >= 0.3 is 0 Å². The molecule has 0 atom stereocenters. The van der Waals surface area contributed by atoms with E-state index in [1.807, 2.05) is 35.9 Å². The van der Waals surface area contributed by atoms with Crippen molar-refractivity contribution in [3.8, 4) is 27.7 Å². The molecule has 132 valence electrons. The number of hydrogen-bond acceptors (Lipinski definition) is 7. The number of para-hydroxylation sites is 1. The van der Waals surface area contributed by atoms with Crippen LogP contribution in [-0.2, 0) is 12.8 Å². The van der Waals surface area contributed by atoms with Crippen molar-refractivity contribution in [1.29, 1.82) is 0 Å². The molecular formula is C18H16N4OS3. The van der Waals surface area contributed by atoms with Crippen LogP contribution in [-0.4, -0.2) is 26.9 Å². The van der Waals surface area contributed by atoms with Gasteiger partial charge in [-0.05, 0) is 23.6 Å². The largest absolute Gasteiger partial charge is 0.496 e. The maximum Gasteiger partial charge on any atom is 0.191 e. The summed E-state index contributed by atoms with van der Waals surface area (Å²) in [4.78, 5) is 4.72. The zero-order valence-corrected chi connectivity index (χ0v) is 16.7. The molecule has 26 heavy (non-hydrogen) atoms. The molecule has 0 fully saturated rings. The molecule has 0 amide bonds. The number of ether oxygens (including phenoxy) is 1. The molecule has 0 radical (unpaired) electrons. The van der Waals surface area contributed by atoms with Crippen LogP contribution >= 0.6 is 34.4 Å². The van der Waals surface area contributed by atoms with Crippen molar-refractivity contribution in [2.75, 3.05) is 7.11 Å². The van der Waals surface area contributed by atoms with E-state index < -0.39 is 0 Å². The molecule has 0 unspecified atom stereocenters. The van der Waals surface area contributed by atoms with E-state index in [0.717, 1.165) is 38.7 Å². The van der Waals surface area contributed by atoms with Crippen molar-refractivity contribution in [3.63, 3.8) is 0 Å². The Labute approximate surface area is 163 Å². The number of rotatable bonds is 6. The van der Waals surface area contributed by atoms with Crippen molar-refractivity contribution in [2.45, 2.75) is 10.9 Å². The second kappa shape index (κ2) is 7.61. The van der Waals surface area contributed by atoms with Crippen LogP contribution in [0.1, 0.15) is 5.69 Å². The van der Waals surface area contributed by atoms with Gasteiger partial charge in [-0.3, -0.25) is 0 Å². The summed E-state index contributed by atoms with van der Waals surface area (Å²) in [5, 5.41) is 16.9. The minimum atomic E-state index is 0.762. The first-order valence-corrected chi connectivity index (χ1v) is 10.7. The van der Waals surface area contributed by atoms with Gasteiger partial charge in [-0.25, -0.2) is 4.98 Å². The maximum absolute atomic E-state index is 5.44. The summed E-state index contributed by atoms with van der Waals surface area (Å²) in [7, 11) is 3.64. The minimum Gasteiger partial charge on any atom is -0.496 e. The Bertz CT molecular complexity index is 1010. The van der Waals surface area contributed by atoms with Crippen LogP contribution in [0, 0.1) is 0 Å². The van der Waals surface area contributed by atoms with Gasteiger partial charge in [0.05, 0.1) is 18.4 Å². The van der Waals surface area contributed by atoms with Gasteiger partial charge in [0.1, 0.15) is 10.8 Å². The molecule has 0 aliphatic rings. The normalized spacial score (nSPS) is 11.0. The van der Waals surface area contributed by atoms with Crippen LogP contribution in [0.2, 0.25) is 0 Å². The van der Waals surface area contributed by atoms with Crippen LogP contribution in [0.3, 0.4) is 0 Å². The fourth-order valence-electron chi connectivity index (χ4n) is 2.54. The zero-order chi connectivity index (χ0) is 17.9. The monoisotopic (exact) mass is 400 g/mol. The summed E-state index contributed by atoms with van der Waals surface area (Å²) in [6, 6.07) is 9.94. The lowest BCUT2D eigenvalue weighted by molar-refractivity contribution is 0.416. The summed E-state index contributed by atoms with van der Waals surface area (Å²) < 4.78 is 7.43. The van der Waals surface area contributed by atoms with Gasteiger partial charge in [0.2, 0.25) is 0 Å². The quantitative estimate of drug-likeness (QED) is 0.428. The van der Waals surface area contributed by atoms with Gasteiger partial charge in [0.25, 0.3) is 0 Å². The third-order valence-corrected chi connectivity index (χ3v) is 6.53. The van der Waals surface area contributed by atoms with Crippen molar-refractivity contribution < 1.29 is 4.74 Å². The van der Waals surface area contributed by atoms with Gasteiger partial charge < -0.3 is 9.30 Å². The van der Waals surface area contributed by atoms with Crippen molar-refractivity contribution >= 4 is 34.4 Å². The molecule has 0 saturated heterocycles. The standard InChI is InChI=1S/C18H16N4OS3/c1-22-16(14-5-3-4-6-15(14)23-2)20-21-18(22)26-11-13-10-25-17(19-13)12-7-8-24-9-12/h3-10H,11H2,1-2H3. The Morgan fingerprint density at radius 2 is 2.04 bits per heavy atom. The molecule has 0 bridgehead atoms. The fourth-order valence-corrected chi connectivity index (χ4v) is 4.98. The molecule has 4 aromatic rings. The average molecular weight is 401 g/mol. The zero-order valence-electron chi connectivity index (χ0n) is 14.2. The SMILES string of the molecule is COc1ccccc1-c1nnc(SCc2csc(-c3ccsc3)n2)n1C. The third-order valence-electron chi connectivity index (χ3n) is 3.85. The highest BCUT2D eigenvalue weighted by atomic mass is 32.2. The van der Waals surface area contributed by atoms with Crippen LogP contribution < -0.4 is 4.74 Å². The molecule has 8 heteroatoms. The van der Waals surface area contributed by atoms with E-state index in [1.54, 1.807) is 41.5 Å². The summed E-state index contributed by atoms with van der Waals surface area (Å²) in [5.74, 6) is 2.35. The van der Waals surface area contributed by atoms with Crippen molar-refractivity contribution in [3.05, 3.63) is 52.2 Å². The van der Waals surface area contributed by atoms with Crippen LogP contribution in [0.4, 0.5) is 0 Å². The summed E-state index contributed by atoms with van der Waals surface area (Å²) in [5.41, 5.74) is 3.18. The molecule has 0 aliphatic carbocycles. The van der Waals surface area contributed by atoms with Crippen LogP contribution in [0.25, 0.3) is 22.0 Å². The molecule has 0 aliphatic heterocycles. The Morgan fingerprint density at radius 3 is 2.85 bits per heavy atom. The van der Waals surface area contributed by atoms with E-state index in [-0.39, 0.29) is 0 Å². The maximum atomic E-state index is 5.44. The molecule has 0 spiro atoms. The number of aromatic nitrogens is 4. The van der Waals surface area contributed by atoms with Gasteiger partial charge in [-0.1, -0.05) is 23.9 Å². The topological polar surface area (TPSA) is 52.8 Å². The Balaban J connectivity index is 1.51. The first kappa shape index (κ1) is 17.3. The van der Waals surface area contributed by atoms with Gasteiger partial charge in [0, 0.05) is 29.1 Å². The summed E-state index contributed by atoms with van der Waals surface area (Å²) in [6.07, 6.45) is 0. The first-order chi connectivity index (χ1) is 12.8. The highest BCUT2D eigenvalue weighted by Gasteiger charge is 2.15. The van der Waals surface area contributed by atoms with E-state index in [0.29, 0.717) is 0 Å². The van der Waals surface area contributed by atoms with Crippen LogP contribution in [0.5, 0.6) is 5.75 Å². The lowest BCUT2D eigenvalue weighted by atomic mass is 10.2. The van der Waals surface area contributed by atoms with E-state index in [9.17, 15) is 0 Å². The molecule has 0 saturated carbocycles. The second-order valence-electron chi connectivity index (χ2n) is 5.51. The van der Waals surface area contributed by atoms with Crippen LogP contribution in [0.15, 0.2) is 51.6 Å². The number of hydrogen-bond donors (Lipinski definition) is 0. The third kappa shape index (κ3) is 3.40. The first-order valence-electron chi connectivity index (χ1n) is 7.89. The minimum absolute atomic E-state index is 0.762. The predicted octanol–water partition coefficient (Wildman–Crippen LogP) is 4.97. The van der Waals surface area contributed by atoms with Gasteiger partial charge in [-0.2, -0.15) is 11.3 Å². The van der Waals surface area contributed by atoms with Gasteiger partial charge in [-0.15, -0.1) is 21.5 Å². The molecule has 1 aromatic carbocycles. The number of thiophene rings is 1. The highest BCUT2D eigenvalue weighted by molar-refractivity contribution is 7.98. The Kier molecular flexibility index (Phi) is 5.05. The lowest BCUT2D eigenvalue weighted by Gasteiger charge is -2.07. The molecule has 4 rings (SSSR count). The van der Waals surface area contributed by atoms with Crippen molar-refractivity contribution in [1.82, 2.24) is 19.7 Å². The second-order valence-corrected chi connectivity index (χ2v) is 8.09. The van der Waals surface area contributed by atoms with E-state index in [2.05, 4.69) is 32.4 Å². The Morgan fingerprint density at radius 1 is 1.15 bits per heavy atom. The fraction of sp³-hybridized carbons (Fsp3) is 0.167. The number of thioether (sulfide) groups is 1. The van der Waals surface area contributed by atoms with E-state index >= 15 is 0 Å². The number of thiazole rings is 1. The lowest BCUT2D eigenvalue weighted by Crippen LogP contribution is -1.97. The molecular weight excluding hydrogens is 384 g/mol. The van der Waals surface area contributed by atoms with E-state index in [1.165, 1.54) is 5.56 Å². The summed E-state index contributed by atoms with van der Waals surface area (Å²) >= 11 is 5.00. The number of nitrogens with zero attached hydrogens (tertiary/aromatic N) is 4. The molecule has 3 aromatic heterocycles. The number of benzene rings is 1. The van der Waals surface area contributed by atoms with Crippen molar-refractivity contribution in [2.24, 2.45) is 7.05 Å². The highest BCUT2D eigenvalue weighted by Crippen LogP contribution is 2.32.